The fourth-order valence-corrected chi connectivity index (χ4v) is 5.93. The van der Waals surface area contributed by atoms with Crippen LogP contribution in [0.4, 0.5) is 0 Å². The average molecular weight is 230 g/mol. The van der Waals surface area contributed by atoms with Gasteiger partial charge in [0, 0.05) is 0 Å². The summed E-state index contributed by atoms with van der Waals surface area (Å²) in [6, 6.07) is 4.22. The molecular formula is C12H26SSi. The SMILES string of the molecule is CCCCS/C=C\[Si](CC)(CC)CC. The second-order valence-corrected chi connectivity index (χ2v) is 10.1. The molecule has 0 nitrogen and oxygen atoms in total. The first-order chi connectivity index (χ1) is 6.74. The minimum absolute atomic E-state index is 0.979. The summed E-state index contributed by atoms with van der Waals surface area (Å²) in [5, 5.41) is 2.39. The van der Waals surface area contributed by atoms with Gasteiger partial charge >= 0.3 is 0 Å². The van der Waals surface area contributed by atoms with Crippen molar-refractivity contribution in [3.05, 3.63) is 11.1 Å². The minimum Gasteiger partial charge on any atom is -0.135 e. The van der Waals surface area contributed by atoms with E-state index in [1.165, 1.54) is 36.7 Å². The lowest BCUT2D eigenvalue weighted by atomic mass is 10.4. The van der Waals surface area contributed by atoms with E-state index in [-0.39, 0.29) is 0 Å². The molecule has 0 amide bonds. The first kappa shape index (κ1) is 14.3. The summed E-state index contributed by atoms with van der Waals surface area (Å²) in [6.07, 6.45) is 2.67. The fourth-order valence-electron chi connectivity index (χ4n) is 1.59. The number of hydrogen-bond acceptors (Lipinski definition) is 1. The molecular weight excluding hydrogens is 204 g/mol. The predicted molar refractivity (Wildman–Crippen MR) is 73.7 cm³/mol. The van der Waals surface area contributed by atoms with Crippen molar-refractivity contribution in [2.45, 2.75) is 58.7 Å². The number of thioether (sulfide) groups is 1. The van der Waals surface area contributed by atoms with Gasteiger partial charge in [-0.2, -0.15) is 0 Å². The van der Waals surface area contributed by atoms with E-state index in [0.29, 0.717) is 0 Å². The molecule has 0 aromatic rings. The van der Waals surface area contributed by atoms with Crippen molar-refractivity contribution in [3.63, 3.8) is 0 Å². The van der Waals surface area contributed by atoms with Gasteiger partial charge in [0.25, 0.3) is 0 Å². The van der Waals surface area contributed by atoms with Crippen LogP contribution < -0.4 is 0 Å². The smallest absolute Gasteiger partial charge is 0.0776 e. The second kappa shape index (κ2) is 8.60. The van der Waals surface area contributed by atoms with Gasteiger partial charge in [-0.15, -0.1) is 11.8 Å². The number of rotatable bonds is 8. The van der Waals surface area contributed by atoms with Crippen LogP contribution in [0.5, 0.6) is 0 Å². The Labute approximate surface area is 95.6 Å². The molecule has 0 rings (SSSR count). The number of hydrogen-bond donors (Lipinski definition) is 0. The van der Waals surface area contributed by atoms with Gasteiger partial charge in [-0.3, -0.25) is 0 Å². The van der Waals surface area contributed by atoms with E-state index >= 15 is 0 Å². The van der Waals surface area contributed by atoms with E-state index in [1.807, 2.05) is 11.8 Å². The third-order valence-corrected chi connectivity index (χ3v) is 9.44. The van der Waals surface area contributed by atoms with E-state index in [9.17, 15) is 0 Å². The fraction of sp³-hybridized carbons (Fsp3) is 0.833. The quantitative estimate of drug-likeness (QED) is 0.414. The monoisotopic (exact) mass is 230 g/mol. The molecule has 0 aliphatic carbocycles. The van der Waals surface area contributed by atoms with Gasteiger partial charge in [-0.1, -0.05) is 57.9 Å². The normalized spacial score (nSPS) is 12.6. The third kappa shape index (κ3) is 5.25. The van der Waals surface area contributed by atoms with Crippen LogP contribution in [0, 0.1) is 0 Å². The highest BCUT2D eigenvalue weighted by molar-refractivity contribution is 8.02. The summed E-state index contributed by atoms with van der Waals surface area (Å²) in [7, 11) is -0.979. The standard InChI is InChI=1S/C12H26SSi/c1-5-9-10-13-11-12-14(6-2,7-3)8-4/h11-12H,5-10H2,1-4H3/b12-11-. The number of unbranched alkanes of at least 4 members (excludes halogenated alkanes) is 1. The zero-order chi connectivity index (χ0) is 10.9. The summed E-state index contributed by atoms with van der Waals surface area (Å²) in [4.78, 5) is 0. The predicted octanol–water partition coefficient (Wildman–Crippen LogP) is 5.08. The van der Waals surface area contributed by atoms with Crippen molar-refractivity contribution in [2.24, 2.45) is 0 Å². The third-order valence-electron chi connectivity index (χ3n) is 3.25. The molecule has 14 heavy (non-hydrogen) atoms. The first-order valence-corrected chi connectivity index (χ1v) is 9.78. The Hall–Kier alpha value is 0.307. The maximum absolute atomic E-state index is 2.58. The molecule has 0 saturated heterocycles. The highest BCUT2D eigenvalue weighted by Gasteiger charge is 2.22. The maximum atomic E-state index is 2.58. The van der Waals surface area contributed by atoms with Crippen LogP contribution in [-0.2, 0) is 0 Å². The highest BCUT2D eigenvalue weighted by Crippen LogP contribution is 2.23. The van der Waals surface area contributed by atoms with Crippen molar-refractivity contribution in [3.8, 4) is 0 Å². The largest absolute Gasteiger partial charge is 0.135 e. The molecule has 0 atom stereocenters. The highest BCUT2D eigenvalue weighted by atomic mass is 32.2. The molecule has 0 N–H and O–H groups in total. The van der Waals surface area contributed by atoms with E-state index in [1.54, 1.807) is 0 Å². The van der Waals surface area contributed by atoms with Crippen LogP contribution in [0.15, 0.2) is 11.1 Å². The van der Waals surface area contributed by atoms with Crippen LogP contribution in [-0.4, -0.2) is 13.8 Å². The molecule has 0 radical (unpaired) electrons. The van der Waals surface area contributed by atoms with Gasteiger partial charge in [0.1, 0.15) is 0 Å². The summed E-state index contributed by atoms with van der Waals surface area (Å²) in [5.41, 5.74) is 2.58. The Morgan fingerprint density at radius 3 is 2.00 bits per heavy atom. The molecule has 84 valence electrons. The summed E-state index contributed by atoms with van der Waals surface area (Å²) < 4.78 is 0. The van der Waals surface area contributed by atoms with Gasteiger partial charge in [0.2, 0.25) is 0 Å². The molecule has 0 aromatic heterocycles. The van der Waals surface area contributed by atoms with Crippen LogP contribution >= 0.6 is 11.8 Å². The van der Waals surface area contributed by atoms with Crippen molar-refractivity contribution < 1.29 is 0 Å². The lowest BCUT2D eigenvalue weighted by Gasteiger charge is -2.23. The summed E-state index contributed by atoms with van der Waals surface area (Å²) >= 11 is 2.00. The summed E-state index contributed by atoms with van der Waals surface area (Å²) in [6.45, 7) is 9.34. The second-order valence-electron chi connectivity index (χ2n) is 3.95. The van der Waals surface area contributed by atoms with E-state index < -0.39 is 8.07 Å². The van der Waals surface area contributed by atoms with Gasteiger partial charge < -0.3 is 0 Å². The molecule has 0 heterocycles. The van der Waals surface area contributed by atoms with Crippen molar-refractivity contribution in [2.75, 3.05) is 5.75 Å². The van der Waals surface area contributed by atoms with Crippen LogP contribution in [0.3, 0.4) is 0 Å². The Balaban J connectivity index is 3.90. The molecule has 0 fully saturated rings. The lowest BCUT2D eigenvalue weighted by Crippen LogP contribution is -2.28. The Kier molecular flexibility index (Phi) is 8.79. The van der Waals surface area contributed by atoms with Crippen LogP contribution in [0.1, 0.15) is 40.5 Å². The lowest BCUT2D eigenvalue weighted by molar-refractivity contribution is 0.898. The van der Waals surface area contributed by atoms with E-state index in [4.69, 9.17) is 0 Å². The van der Waals surface area contributed by atoms with Gasteiger partial charge in [-0.25, -0.2) is 0 Å². The molecule has 0 spiro atoms. The van der Waals surface area contributed by atoms with Gasteiger partial charge in [0.05, 0.1) is 8.07 Å². The van der Waals surface area contributed by atoms with E-state index in [2.05, 4.69) is 38.8 Å². The van der Waals surface area contributed by atoms with Crippen molar-refractivity contribution in [1.29, 1.82) is 0 Å². The van der Waals surface area contributed by atoms with Gasteiger partial charge in [0.15, 0.2) is 0 Å². The van der Waals surface area contributed by atoms with E-state index in [0.717, 1.165) is 0 Å². The van der Waals surface area contributed by atoms with Crippen LogP contribution in [0.25, 0.3) is 0 Å². The average Bonchev–Trinajstić information content (AvgIpc) is 2.24. The summed E-state index contributed by atoms with van der Waals surface area (Å²) in [5.74, 6) is 1.30. The molecule has 0 saturated carbocycles. The Morgan fingerprint density at radius 1 is 1.00 bits per heavy atom. The molecule has 2 heteroatoms. The maximum Gasteiger partial charge on any atom is 0.0776 e. The van der Waals surface area contributed by atoms with Crippen LogP contribution in [0.2, 0.25) is 18.1 Å². The minimum atomic E-state index is -0.979. The molecule has 0 aliphatic heterocycles. The molecule has 0 unspecified atom stereocenters. The van der Waals surface area contributed by atoms with Gasteiger partial charge in [-0.05, 0) is 17.6 Å². The topological polar surface area (TPSA) is 0 Å². The Bertz CT molecular complexity index is 142. The first-order valence-electron chi connectivity index (χ1n) is 6.04. The molecule has 0 aromatic carbocycles. The molecule has 0 bridgehead atoms. The van der Waals surface area contributed by atoms with Crippen molar-refractivity contribution >= 4 is 19.8 Å². The molecule has 0 aliphatic rings. The Morgan fingerprint density at radius 2 is 1.57 bits per heavy atom. The zero-order valence-electron chi connectivity index (χ0n) is 10.3. The van der Waals surface area contributed by atoms with Crippen molar-refractivity contribution in [1.82, 2.24) is 0 Å². The zero-order valence-corrected chi connectivity index (χ0v) is 12.1.